The van der Waals surface area contributed by atoms with Crippen LogP contribution in [0.25, 0.3) is 16.6 Å². The Balaban J connectivity index is 1.40. The third-order valence-corrected chi connectivity index (χ3v) is 6.72. The second-order valence-electron chi connectivity index (χ2n) is 8.67. The Hall–Kier alpha value is -2.54. The third kappa shape index (κ3) is 3.37. The predicted molar refractivity (Wildman–Crippen MR) is 117 cm³/mol. The lowest BCUT2D eigenvalue weighted by molar-refractivity contribution is 0.241. The van der Waals surface area contributed by atoms with E-state index in [1.807, 2.05) is 6.07 Å². The Labute approximate surface area is 171 Å². The van der Waals surface area contributed by atoms with Gasteiger partial charge in [-0.2, -0.15) is 0 Å². The number of hydrogen-bond donors (Lipinski definition) is 3. The number of likely N-dealkylation sites (N-methyl/N-ethyl adjacent to an activating group) is 1. The van der Waals surface area contributed by atoms with Crippen molar-refractivity contribution in [3.8, 4) is 0 Å². The van der Waals surface area contributed by atoms with Gasteiger partial charge in [-0.25, -0.2) is 4.98 Å². The molecule has 1 aromatic heterocycles. The first-order valence-corrected chi connectivity index (χ1v) is 10.8. The van der Waals surface area contributed by atoms with Crippen LogP contribution in [0.15, 0.2) is 24.0 Å². The van der Waals surface area contributed by atoms with E-state index in [1.165, 1.54) is 24.9 Å². The predicted octanol–water partition coefficient (Wildman–Crippen LogP) is 3.21. The van der Waals surface area contributed by atoms with E-state index in [0.717, 1.165) is 50.1 Å². The number of fused-ring (bicyclic) bond motifs is 1. The lowest BCUT2D eigenvalue weighted by Crippen LogP contribution is -2.44. The number of rotatable bonds is 3. The van der Waals surface area contributed by atoms with Gasteiger partial charge in [-0.1, -0.05) is 19.3 Å². The molecule has 29 heavy (non-hydrogen) atoms. The molecule has 1 saturated carbocycles. The van der Waals surface area contributed by atoms with E-state index >= 15 is 0 Å². The molecule has 1 aliphatic carbocycles. The van der Waals surface area contributed by atoms with Gasteiger partial charge in [0.2, 0.25) is 0 Å². The Morgan fingerprint density at radius 1 is 1.10 bits per heavy atom. The van der Waals surface area contributed by atoms with Crippen LogP contribution in [0.4, 0.5) is 5.69 Å². The Kier molecular flexibility index (Phi) is 4.70. The molecular formula is C22H30N6O. The zero-order valence-corrected chi connectivity index (χ0v) is 17.1. The molecule has 1 saturated heterocycles. The molecular weight excluding hydrogens is 364 g/mol. The molecule has 0 unspecified atom stereocenters. The smallest absolute Gasteiger partial charge is 0.145 e. The maximum atomic E-state index is 10.6. The van der Waals surface area contributed by atoms with Crippen LogP contribution in [0, 0.1) is 5.41 Å². The highest BCUT2D eigenvalue weighted by Gasteiger charge is 2.35. The summed E-state index contributed by atoms with van der Waals surface area (Å²) in [5.41, 5.74) is 3.60. The van der Waals surface area contributed by atoms with Crippen molar-refractivity contribution in [1.29, 1.82) is 5.41 Å². The SMILES string of the molecule is CN1CCN(c2ccc3nc(C4=C(O)CN(C5CCCCC5)C4=N)[nH]c3c2)CC1. The number of aromatic amines is 1. The molecule has 0 bridgehead atoms. The fraction of sp³-hybridized carbons (Fsp3) is 0.545. The highest BCUT2D eigenvalue weighted by atomic mass is 16.3. The second kappa shape index (κ2) is 7.37. The molecule has 0 amide bonds. The average Bonchev–Trinajstić information content (AvgIpc) is 3.28. The molecule has 1 aromatic carbocycles. The topological polar surface area (TPSA) is 82.5 Å². The number of aliphatic hydroxyl groups excluding tert-OH is 1. The van der Waals surface area contributed by atoms with Gasteiger partial charge in [-0.05, 0) is 38.1 Å². The summed E-state index contributed by atoms with van der Waals surface area (Å²) in [6.45, 7) is 4.62. The number of aliphatic hydroxyl groups is 1. The number of amidine groups is 1. The van der Waals surface area contributed by atoms with E-state index in [0.29, 0.717) is 29.8 Å². The van der Waals surface area contributed by atoms with Crippen molar-refractivity contribution in [1.82, 2.24) is 19.8 Å². The van der Waals surface area contributed by atoms with Crippen molar-refractivity contribution in [2.45, 2.75) is 38.1 Å². The molecule has 5 rings (SSSR count). The lowest BCUT2D eigenvalue weighted by atomic mass is 9.94. The maximum absolute atomic E-state index is 10.6. The van der Waals surface area contributed by atoms with Crippen molar-refractivity contribution in [2.24, 2.45) is 0 Å². The summed E-state index contributed by atoms with van der Waals surface area (Å²) in [5.74, 6) is 1.28. The fourth-order valence-corrected chi connectivity index (χ4v) is 4.93. The van der Waals surface area contributed by atoms with Crippen LogP contribution in [0.3, 0.4) is 0 Å². The standard InChI is InChI=1S/C22H30N6O/c1-26-9-11-27(12-10-26)16-7-8-17-18(13-16)25-22(24-17)20-19(29)14-28(21(20)23)15-5-3-2-4-6-15/h7-8,13,15,23,29H,2-6,9-12,14H2,1H3,(H,24,25). The van der Waals surface area contributed by atoms with Gasteiger partial charge in [0.05, 0.1) is 23.2 Å². The zero-order valence-electron chi connectivity index (χ0n) is 17.1. The van der Waals surface area contributed by atoms with Gasteiger partial charge in [0.15, 0.2) is 0 Å². The minimum Gasteiger partial charge on any atom is -0.510 e. The molecule has 0 radical (unpaired) electrons. The Morgan fingerprint density at radius 2 is 1.86 bits per heavy atom. The number of piperazine rings is 1. The number of imidazole rings is 1. The zero-order chi connectivity index (χ0) is 20.0. The van der Waals surface area contributed by atoms with Gasteiger partial charge in [0, 0.05) is 37.9 Å². The van der Waals surface area contributed by atoms with Gasteiger partial charge in [-0.15, -0.1) is 0 Å². The summed E-state index contributed by atoms with van der Waals surface area (Å²) in [4.78, 5) is 14.9. The highest BCUT2D eigenvalue weighted by molar-refractivity contribution is 6.23. The summed E-state index contributed by atoms with van der Waals surface area (Å²) >= 11 is 0. The molecule has 154 valence electrons. The third-order valence-electron chi connectivity index (χ3n) is 6.72. The number of nitrogens with zero attached hydrogens (tertiary/aromatic N) is 4. The van der Waals surface area contributed by atoms with Crippen LogP contribution < -0.4 is 4.90 Å². The van der Waals surface area contributed by atoms with Crippen molar-refractivity contribution in [3.63, 3.8) is 0 Å². The summed E-state index contributed by atoms with van der Waals surface area (Å²) in [5, 5.41) is 19.3. The molecule has 7 nitrogen and oxygen atoms in total. The monoisotopic (exact) mass is 394 g/mol. The Morgan fingerprint density at radius 3 is 2.62 bits per heavy atom. The molecule has 0 atom stereocenters. The van der Waals surface area contributed by atoms with Gasteiger partial charge < -0.3 is 24.8 Å². The van der Waals surface area contributed by atoms with Crippen molar-refractivity contribution >= 4 is 28.1 Å². The van der Waals surface area contributed by atoms with Crippen LogP contribution in [-0.4, -0.2) is 76.5 Å². The van der Waals surface area contributed by atoms with Crippen LogP contribution in [0.5, 0.6) is 0 Å². The average molecular weight is 395 g/mol. The first-order chi connectivity index (χ1) is 14.1. The van der Waals surface area contributed by atoms with Crippen LogP contribution in [0.1, 0.15) is 37.9 Å². The van der Waals surface area contributed by atoms with E-state index in [9.17, 15) is 5.11 Å². The van der Waals surface area contributed by atoms with Gasteiger partial charge in [0.1, 0.15) is 17.4 Å². The maximum Gasteiger partial charge on any atom is 0.145 e. The largest absolute Gasteiger partial charge is 0.510 e. The minimum absolute atomic E-state index is 0.263. The van der Waals surface area contributed by atoms with Gasteiger partial charge in [0.25, 0.3) is 0 Å². The number of aromatic nitrogens is 2. The number of H-pyrrole nitrogens is 1. The molecule has 3 heterocycles. The first-order valence-electron chi connectivity index (χ1n) is 10.8. The molecule has 0 spiro atoms. The van der Waals surface area contributed by atoms with Gasteiger partial charge >= 0.3 is 0 Å². The molecule has 7 heteroatoms. The molecule has 3 N–H and O–H groups in total. The fourth-order valence-electron chi connectivity index (χ4n) is 4.93. The second-order valence-corrected chi connectivity index (χ2v) is 8.67. The number of benzene rings is 1. The molecule has 3 aliphatic rings. The van der Waals surface area contributed by atoms with E-state index in [1.54, 1.807) is 0 Å². The number of nitrogens with one attached hydrogen (secondary N) is 2. The molecule has 2 aliphatic heterocycles. The summed E-state index contributed by atoms with van der Waals surface area (Å²) in [6.07, 6.45) is 5.92. The van der Waals surface area contributed by atoms with E-state index < -0.39 is 0 Å². The quantitative estimate of drug-likeness (QED) is 0.745. The minimum atomic E-state index is 0.263. The number of hydrogen-bond acceptors (Lipinski definition) is 5. The van der Waals surface area contributed by atoms with Crippen LogP contribution >= 0.6 is 0 Å². The normalized spacial score (nSPS) is 22.3. The van der Waals surface area contributed by atoms with Crippen LogP contribution in [-0.2, 0) is 0 Å². The Bertz CT molecular complexity index is 949. The van der Waals surface area contributed by atoms with E-state index in [-0.39, 0.29) is 5.76 Å². The van der Waals surface area contributed by atoms with Crippen molar-refractivity contribution in [3.05, 3.63) is 29.8 Å². The molecule has 2 fully saturated rings. The van der Waals surface area contributed by atoms with Crippen molar-refractivity contribution in [2.75, 3.05) is 44.7 Å². The lowest BCUT2D eigenvalue weighted by Gasteiger charge is -2.34. The van der Waals surface area contributed by atoms with E-state index in [2.05, 4.69) is 38.9 Å². The summed E-state index contributed by atoms with van der Waals surface area (Å²) in [6, 6.07) is 6.68. The molecule has 2 aromatic rings. The summed E-state index contributed by atoms with van der Waals surface area (Å²) < 4.78 is 0. The van der Waals surface area contributed by atoms with Crippen LogP contribution in [0.2, 0.25) is 0 Å². The highest BCUT2D eigenvalue weighted by Crippen LogP contribution is 2.33. The van der Waals surface area contributed by atoms with E-state index in [4.69, 9.17) is 10.4 Å². The van der Waals surface area contributed by atoms with Gasteiger partial charge in [-0.3, -0.25) is 5.41 Å². The number of anilines is 1. The first kappa shape index (κ1) is 18.5. The summed E-state index contributed by atoms with van der Waals surface area (Å²) in [7, 11) is 2.16. The van der Waals surface area contributed by atoms with Crippen molar-refractivity contribution < 1.29 is 5.11 Å².